The topological polar surface area (TPSA) is 67.2 Å². The van der Waals surface area contributed by atoms with E-state index < -0.39 is 6.10 Å². The third-order valence-electron chi connectivity index (χ3n) is 5.75. The molecule has 0 aliphatic carbocycles. The average Bonchev–Trinajstić information content (AvgIpc) is 3.23. The van der Waals surface area contributed by atoms with E-state index in [0.29, 0.717) is 26.1 Å². The largest absolute Gasteiger partial charge is 0.463 e. The number of aliphatic hydroxyl groups excluding tert-OH is 1. The fraction of sp³-hybridized carbons (Fsp3) is 0.560. The molecule has 1 N–H and O–H groups in total. The lowest BCUT2D eigenvalue weighted by atomic mass is 10.2. The van der Waals surface area contributed by atoms with E-state index in [4.69, 9.17) is 9.47 Å². The summed E-state index contributed by atoms with van der Waals surface area (Å²) in [4.78, 5) is 16.2. The molecule has 0 radical (unpaired) electrons. The molecule has 182 valence electrons. The summed E-state index contributed by atoms with van der Waals surface area (Å²) in [5.41, 5.74) is 1.98. The first-order valence-corrected chi connectivity index (χ1v) is 11.8. The Bertz CT molecular complexity index is 854. The predicted octanol–water partition coefficient (Wildman–Crippen LogP) is 2.51. The number of aromatic nitrogens is 1. The second kappa shape index (κ2) is 13.4. The van der Waals surface area contributed by atoms with Gasteiger partial charge in [0.25, 0.3) is 0 Å². The minimum atomic E-state index is -0.762. The van der Waals surface area contributed by atoms with Crippen LogP contribution in [0.3, 0.4) is 0 Å². The van der Waals surface area contributed by atoms with Crippen molar-refractivity contribution in [3.8, 4) is 0 Å². The van der Waals surface area contributed by atoms with Gasteiger partial charge in [-0.1, -0.05) is 19.1 Å². The van der Waals surface area contributed by atoms with Crippen molar-refractivity contribution in [2.45, 2.75) is 39.0 Å². The lowest BCUT2D eigenvalue weighted by Crippen LogP contribution is -2.43. The second-order valence-corrected chi connectivity index (χ2v) is 8.53. The Morgan fingerprint density at radius 3 is 2.85 bits per heavy atom. The van der Waals surface area contributed by atoms with Crippen molar-refractivity contribution >= 4 is 5.97 Å². The molecule has 3 rings (SSSR count). The normalized spacial score (nSPS) is 15.6. The molecule has 2 heterocycles. The number of rotatable bonds is 13. The number of morpholine rings is 1. The number of hydrogen-bond donors (Lipinski definition) is 1. The summed E-state index contributed by atoms with van der Waals surface area (Å²) in [5.74, 6) is -0.519. The molecule has 8 heteroatoms. The number of carbonyl (C=O) groups is 1. The molecule has 7 nitrogen and oxygen atoms in total. The van der Waals surface area contributed by atoms with Crippen molar-refractivity contribution in [3.05, 3.63) is 59.7 Å². The van der Waals surface area contributed by atoms with Crippen LogP contribution in [0.2, 0.25) is 0 Å². The maximum absolute atomic E-state index is 13.6. The molecule has 0 spiro atoms. The number of aliphatic hydroxyl groups is 1. The van der Waals surface area contributed by atoms with Crippen molar-refractivity contribution in [1.82, 2.24) is 14.4 Å². The number of hydrogen-bond acceptors (Lipinski definition) is 6. The highest BCUT2D eigenvalue weighted by molar-refractivity contribution is 5.69. The third kappa shape index (κ3) is 8.89. The number of halogens is 1. The van der Waals surface area contributed by atoms with Crippen LogP contribution < -0.4 is 0 Å². The van der Waals surface area contributed by atoms with Gasteiger partial charge >= 0.3 is 5.97 Å². The minimum Gasteiger partial charge on any atom is -0.463 e. The van der Waals surface area contributed by atoms with Crippen LogP contribution in [0.25, 0.3) is 0 Å². The Labute approximate surface area is 195 Å². The molecule has 1 aromatic heterocycles. The van der Waals surface area contributed by atoms with Crippen LogP contribution in [0, 0.1) is 5.82 Å². The number of benzene rings is 1. The maximum Gasteiger partial charge on any atom is 0.305 e. The zero-order valence-electron chi connectivity index (χ0n) is 19.5. The molecule has 0 amide bonds. The van der Waals surface area contributed by atoms with E-state index in [1.165, 1.54) is 6.07 Å². The molecule has 1 atom stereocenters. The summed E-state index contributed by atoms with van der Waals surface area (Å²) in [6, 6.07) is 10.7. The highest BCUT2D eigenvalue weighted by Crippen LogP contribution is 2.13. The van der Waals surface area contributed by atoms with Gasteiger partial charge in [-0.15, -0.1) is 0 Å². The van der Waals surface area contributed by atoms with Crippen molar-refractivity contribution in [2.75, 3.05) is 52.5 Å². The molecule has 0 saturated carbocycles. The zero-order valence-corrected chi connectivity index (χ0v) is 19.5. The Balaban J connectivity index is 1.61. The van der Waals surface area contributed by atoms with Crippen LogP contribution in [0.15, 0.2) is 42.6 Å². The SMILES string of the molecule is CCCC(=O)OCC(O)CN(CCN1CCOCC1)Cc1cccn1Cc1cccc(F)c1. The Kier molecular flexibility index (Phi) is 10.3. The van der Waals surface area contributed by atoms with Crippen LogP contribution >= 0.6 is 0 Å². The van der Waals surface area contributed by atoms with E-state index in [2.05, 4.69) is 20.4 Å². The second-order valence-electron chi connectivity index (χ2n) is 8.53. The number of nitrogens with zero attached hydrogens (tertiary/aromatic N) is 3. The number of esters is 1. The summed E-state index contributed by atoms with van der Waals surface area (Å²) in [5, 5.41) is 10.5. The Morgan fingerprint density at radius 2 is 2.09 bits per heavy atom. The van der Waals surface area contributed by atoms with E-state index in [-0.39, 0.29) is 18.4 Å². The van der Waals surface area contributed by atoms with Crippen LogP contribution in [0.1, 0.15) is 31.0 Å². The fourth-order valence-electron chi connectivity index (χ4n) is 3.97. The molecule has 0 bridgehead atoms. The first-order chi connectivity index (χ1) is 16.0. The first kappa shape index (κ1) is 25.4. The minimum absolute atomic E-state index is 0.00279. The van der Waals surface area contributed by atoms with Gasteiger partial charge in [0.2, 0.25) is 0 Å². The summed E-state index contributed by atoms with van der Waals surface area (Å²) < 4.78 is 26.4. The van der Waals surface area contributed by atoms with E-state index in [1.54, 1.807) is 12.1 Å². The number of ether oxygens (including phenoxy) is 2. The van der Waals surface area contributed by atoms with Gasteiger partial charge in [0.1, 0.15) is 18.5 Å². The predicted molar refractivity (Wildman–Crippen MR) is 124 cm³/mol. The zero-order chi connectivity index (χ0) is 23.5. The van der Waals surface area contributed by atoms with E-state index in [9.17, 15) is 14.3 Å². The van der Waals surface area contributed by atoms with Crippen molar-refractivity contribution < 1.29 is 23.8 Å². The van der Waals surface area contributed by atoms with Gasteiger partial charge in [0, 0.05) is 64.1 Å². The highest BCUT2D eigenvalue weighted by atomic mass is 19.1. The van der Waals surface area contributed by atoms with Gasteiger partial charge < -0.3 is 19.1 Å². The highest BCUT2D eigenvalue weighted by Gasteiger charge is 2.18. The molecule has 1 aliphatic heterocycles. The van der Waals surface area contributed by atoms with Crippen molar-refractivity contribution in [2.24, 2.45) is 0 Å². The summed E-state index contributed by atoms with van der Waals surface area (Å²) in [6.07, 6.45) is 2.31. The molecule has 1 fully saturated rings. The molecule has 1 saturated heterocycles. The van der Waals surface area contributed by atoms with Crippen LogP contribution in [-0.4, -0.2) is 84.1 Å². The Morgan fingerprint density at radius 1 is 1.27 bits per heavy atom. The summed E-state index contributed by atoms with van der Waals surface area (Å²) in [7, 11) is 0. The third-order valence-corrected chi connectivity index (χ3v) is 5.75. The van der Waals surface area contributed by atoms with Crippen LogP contribution in [0.4, 0.5) is 4.39 Å². The van der Waals surface area contributed by atoms with Crippen LogP contribution in [0.5, 0.6) is 0 Å². The monoisotopic (exact) mass is 461 g/mol. The van der Waals surface area contributed by atoms with E-state index in [0.717, 1.165) is 57.1 Å². The lowest BCUT2D eigenvalue weighted by molar-refractivity contribution is -0.147. The first-order valence-electron chi connectivity index (χ1n) is 11.8. The maximum atomic E-state index is 13.6. The standard InChI is InChI=1S/C25H36FN3O4/c1-2-5-25(31)33-20-24(30)19-28(11-10-27-12-14-32-15-13-27)18-23-8-4-9-29(23)17-21-6-3-7-22(26)16-21/h3-4,6-9,16,24,30H,2,5,10-15,17-20H2,1H3. The quantitative estimate of drug-likeness (QED) is 0.463. The van der Waals surface area contributed by atoms with Gasteiger partial charge in [0.05, 0.1) is 13.2 Å². The van der Waals surface area contributed by atoms with Crippen molar-refractivity contribution in [1.29, 1.82) is 0 Å². The summed E-state index contributed by atoms with van der Waals surface area (Å²) >= 11 is 0. The fourth-order valence-corrected chi connectivity index (χ4v) is 3.97. The van der Waals surface area contributed by atoms with Gasteiger partial charge in [-0.05, 0) is 36.2 Å². The summed E-state index contributed by atoms with van der Waals surface area (Å²) in [6.45, 7) is 8.46. The molecule has 2 aromatic rings. The molecule has 1 unspecified atom stereocenters. The molecule has 1 aromatic carbocycles. The smallest absolute Gasteiger partial charge is 0.305 e. The van der Waals surface area contributed by atoms with Gasteiger partial charge in [0.15, 0.2) is 0 Å². The number of carbonyl (C=O) groups excluding carboxylic acids is 1. The molecule has 1 aliphatic rings. The van der Waals surface area contributed by atoms with Crippen LogP contribution in [-0.2, 0) is 27.4 Å². The lowest BCUT2D eigenvalue weighted by Gasteiger charge is -2.31. The van der Waals surface area contributed by atoms with E-state index in [1.807, 2.05) is 25.3 Å². The average molecular weight is 462 g/mol. The van der Waals surface area contributed by atoms with Crippen molar-refractivity contribution in [3.63, 3.8) is 0 Å². The van der Waals surface area contributed by atoms with Gasteiger partial charge in [-0.25, -0.2) is 4.39 Å². The van der Waals surface area contributed by atoms with E-state index >= 15 is 0 Å². The molecule has 33 heavy (non-hydrogen) atoms. The molecular weight excluding hydrogens is 425 g/mol. The van der Waals surface area contributed by atoms with Gasteiger partial charge in [-0.2, -0.15) is 0 Å². The Hall–Kier alpha value is -2.26. The van der Waals surface area contributed by atoms with Gasteiger partial charge in [-0.3, -0.25) is 14.6 Å². The molecular formula is C25H36FN3O4.